The van der Waals surface area contributed by atoms with Gasteiger partial charge in [0.1, 0.15) is 6.61 Å². The van der Waals surface area contributed by atoms with Gasteiger partial charge in [-0.3, -0.25) is 4.90 Å². The lowest BCUT2D eigenvalue weighted by molar-refractivity contribution is 0.0724. The molecule has 27 heavy (non-hydrogen) atoms. The molecule has 3 rings (SSSR count). The molecule has 2 atom stereocenters. The number of benzene rings is 2. The fraction of sp³-hybridized carbons (Fsp3) is 0.435. The molecule has 2 aromatic rings. The molecule has 2 aromatic carbocycles. The van der Waals surface area contributed by atoms with Crippen molar-refractivity contribution in [3.05, 3.63) is 71.8 Å². The molecule has 1 aliphatic rings. The van der Waals surface area contributed by atoms with Crippen LogP contribution in [0.2, 0.25) is 0 Å². The lowest BCUT2D eigenvalue weighted by Crippen LogP contribution is -2.55. The summed E-state index contributed by atoms with van der Waals surface area (Å²) >= 11 is 0. The Morgan fingerprint density at radius 3 is 2.30 bits per heavy atom. The van der Waals surface area contributed by atoms with Gasteiger partial charge in [0, 0.05) is 24.7 Å². The quantitative estimate of drug-likeness (QED) is 0.862. The summed E-state index contributed by atoms with van der Waals surface area (Å²) in [6.07, 6.45) is 0.586. The summed E-state index contributed by atoms with van der Waals surface area (Å²) in [5, 5.41) is 3.09. The highest BCUT2D eigenvalue weighted by atomic mass is 16.5. The molecule has 144 valence electrons. The molecule has 0 radical (unpaired) electrons. The second kappa shape index (κ2) is 8.57. The Morgan fingerprint density at radius 2 is 1.67 bits per heavy atom. The zero-order valence-electron chi connectivity index (χ0n) is 16.5. The Morgan fingerprint density at radius 1 is 1.04 bits per heavy atom. The number of ether oxygens (including phenoxy) is 1. The van der Waals surface area contributed by atoms with Crippen molar-refractivity contribution < 1.29 is 9.53 Å². The first kappa shape index (κ1) is 19.4. The predicted molar refractivity (Wildman–Crippen MR) is 109 cm³/mol. The normalized spacial score (nSPS) is 20.9. The Kier molecular flexibility index (Phi) is 6.17. The maximum Gasteiger partial charge on any atom is 0.407 e. The highest BCUT2D eigenvalue weighted by Gasteiger charge is 2.34. The highest BCUT2D eigenvalue weighted by Crippen LogP contribution is 2.30. The van der Waals surface area contributed by atoms with Crippen LogP contribution in [0.4, 0.5) is 4.79 Å². The molecule has 1 fully saturated rings. The van der Waals surface area contributed by atoms with Gasteiger partial charge in [-0.25, -0.2) is 4.79 Å². The van der Waals surface area contributed by atoms with E-state index in [0.717, 1.165) is 25.1 Å². The highest BCUT2D eigenvalue weighted by molar-refractivity contribution is 5.67. The maximum absolute atomic E-state index is 12.3. The summed E-state index contributed by atoms with van der Waals surface area (Å²) in [4.78, 5) is 14.8. The SMILES string of the molecule is CC(C)(C)N1C[C@@H](NC(=O)OCc2ccccc2)C[C@H](c2ccccc2)C1. The number of alkyl carbamates (subject to hydrolysis) is 1. The van der Waals surface area contributed by atoms with Crippen LogP contribution in [0.1, 0.15) is 44.2 Å². The molecule has 1 N–H and O–H groups in total. The third kappa shape index (κ3) is 5.57. The van der Waals surface area contributed by atoms with Crippen LogP contribution in [0.15, 0.2) is 60.7 Å². The van der Waals surface area contributed by atoms with Crippen molar-refractivity contribution in [1.29, 1.82) is 0 Å². The molecule has 0 aromatic heterocycles. The topological polar surface area (TPSA) is 41.6 Å². The molecule has 1 aliphatic heterocycles. The predicted octanol–water partition coefficient (Wildman–Crippen LogP) is 4.57. The average molecular weight is 367 g/mol. The largest absolute Gasteiger partial charge is 0.445 e. The van der Waals surface area contributed by atoms with E-state index in [1.807, 2.05) is 36.4 Å². The molecule has 4 nitrogen and oxygen atoms in total. The molecule has 1 saturated heterocycles. The first-order valence-electron chi connectivity index (χ1n) is 9.69. The Bertz CT molecular complexity index is 725. The third-order valence-corrected chi connectivity index (χ3v) is 5.20. The molecule has 0 aliphatic carbocycles. The maximum atomic E-state index is 12.3. The van der Waals surface area contributed by atoms with Gasteiger partial charge < -0.3 is 10.1 Å². The van der Waals surface area contributed by atoms with E-state index in [4.69, 9.17) is 4.74 Å². The van der Waals surface area contributed by atoms with E-state index in [0.29, 0.717) is 12.5 Å². The van der Waals surface area contributed by atoms with Gasteiger partial charge in [0.05, 0.1) is 0 Å². The standard InChI is InChI=1S/C23H30N2O2/c1-23(2,3)25-15-20(19-12-8-5-9-13-19)14-21(16-25)24-22(26)27-17-18-10-6-4-7-11-18/h4-13,20-21H,14-17H2,1-3H3,(H,24,26)/t20-,21-/m0/s1. The van der Waals surface area contributed by atoms with Crippen molar-refractivity contribution >= 4 is 6.09 Å². The number of carbonyl (C=O) groups is 1. The second-order valence-corrected chi connectivity index (χ2v) is 8.32. The minimum absolute atomic E-state index is 0.0569. The Balaban J connectivity index is 1.63. The van der Waals surface area contributed by atoms with Gasteiger partial charge in [0.25, 0.3) is 0 Å². The van der Waals surface area contributed by atoms with E-state index in [9.17, 15) is 4.79 Å². The van der Waals surface area contributed by atoms with Crippen LogP contribution >= 0.6 is 0 Å². The van der Waals surface area contributed by atoms with Gasteiger partial charge in [-0.05, 0) is 44.2 Å². The summed E-state index contributed by atoms with van der Waals surface area (Å²) in [5.41, 5.74) is 2.38. The molecule has 0 bridgehead atoms. The van der Waals surface area contributed by atoms with Crippen LogP contribution in [-0.4, -0.2) is 35.7 Å². The number of hydrogen-bond acceptors (Lipinski definition) is 3. The molecule has 1 amide bonds. The average Bonchev–Trinajstić information content (AvgIpc) is 2.67. The molecule has 4 heteroatoms. The monoisotopic (exact) mass is 366 g/mol. The first-order chi connectivity index (χ1) is 12.9. The lowest BCUT2D eigenvalue weighted by Gasteiger charge is -2.45. The number of carbonyl (C=O) groups excluding carboxylic acids is 1. The zero-order valence-corrected chi connectivity index (χ0v) is 16.5. The van der Waals surface area contributed by atoms with Crippen LogP contribution < -0.4 is 5.32 Å². The fourth-order valence-electron chi connectivity index (χ4n) is 3.65. The molecular weight excluding hydrogens is 336 g/mol. The van der Waals surface area contributed by atoms with Gasteiger partial charge in [-0.15, -0.1) is 0 Å². The number of nitrogens with one attached hydrogen (secondary N) is 1. The number of amides is 1. The third-order valence-electron chi connectivity index (χ3n) is 5.20. The number of hydrogen-bond donors (Lipinski definition) is 1. The second-order valence-electron chi connectivity index (χ2n) is 8.32. The van der Waals surface area contributed by atoms with E-state index in [-0.39, 0.29) is 17.7 Å². The molecule has 0 spiro atoms. The summed E-state index contributed by atoms with van der Waals surface area (Å²) in [5.74, 6) is 0.401. The van der Waals surface area contributed by atoms with Crippen LogP contribution in [0.3, 0.4) is 0 Å². The summed E-state index contributed by atoms with van der Waals surface area (Å²) in [7, 11) is 0. The van der Waals surface area contributed by atoms with Crippen molar-refractivity contribution in [3.8, 4) is 0 Å². The first-order valence-corrected chi connectivity index (χ1v) is 9.69. The zero-order chi connectivity index (χ0) is 19.3. The van der Waals surface area contributed by atoms with Crippen molar-refractivity contribution in [2.45, 2.75) is 51.3 Å². The van der Waals surface area contributed by atoms with Gasteiger partial charge in [0.15, 0.2) is 0 Å². The summed E-state index contributed by atoms with van der Waals surface area (Å²) < 4.78 is 5.42. The van der Waals surface area contributed by atoms with E-state index in [2.05, 4.69) is 55.3 Å². The summed E-state index contributed by atoms with van der Waals surface area (Å²) in [6.45, 7) is 8.82. The van der Waals surface area contributed by atoms with E-state index < -0.39 is 0 Å². The van der Waals surface area contributed by atoms with Crippen LogP contribution in [-0.2, 0) is 11.3 Å². The molecule has 0 saturated carbocycles. The number of rotatable bonds is 4. The van der Waals surface area contributed by atoms with Gasteiger partial charge in [-0.1, -0.05) is 60.7 Å². The molecule has 1 heterocycles. The molecular formula is C23H30N2O2. The smallest absolute Gasteiger partial charge is 0.407 e. The fourth-order valence-corrected chi connectivity index (χ4v) is 3.65. The van der Waals surface area contributed by atoms with Crippen LogP contribution in [0.5, 0.6) is 0 Å². The number of nitrogens with zero attached hydrogens (tertiary/aromatic N) is 1. The van der Waals surface area contributed by atoms with Crippen LogP contribution in [0, 0.1) is 0 Å². The van der Waals surface area contributed by atoms with Crippen molar-refractivity contribution in [3.63, 3.8) is 0 Å². The lowest BCUT2D eigenvalue weighted by atomic mass is 9.86. The van der Waals surface area contributed by atoms with Gasteiger partial charge in [0.2, 0.25) is 0 Å². The van der Waals surface area contributed by atoms with E-state index in [1.165, 1.54) is 5.56 Å². The minimum Gasteiger partial charge on any atom is -0.445 e. The number of piperidine rings is 1. The Hall–Kier alpha value is -2.33. The molecule has 0 unspecified atom stereocenters. The van der Waals surface area contributed by atoms with Gasteiger partial charge in [-0.2, -0.15) is 0 Å². The van der Waals surface area contributed by atoms with E-state index in [1.54, 1.807) is 0 Å². The summed E-state index contributed by atoms with van der Waals surface area (Å²) in [6, 6.07) is 20.4. The van der Waals surface area contributed by atoms with Crippen LogP contribution in [0.25, 0.3) is 0 Å². The minimum atomic E-state index is -0.341. The number of likely N-dealkylation sites (tertiary alicyclic amines) is 1. The van der Waals surface area contributed by atoms with Crippen molar-refractivity contribution in [2.75, 3.05) is 13.1 Å². The van der Waals surface area contributed by atoms with E-state index >= 15 is 0 Å². The van der Waals surface area contributed by atoms with Crippen molar-refractivity contribution in [2.24, 2.45) is 0 Å². The Labute approximate surface area is 162 Å². The van der Waals surface area contributed by atoms with Gasteiger partial charge >= 0.3 is 6.09 Å². The van der Waals surface area contributed by atoms with Crippen molar-refractivity contribution in [1.82, 2.24) is 10.2 Å².